The Morgan fingerprint density at radius 1 is 1.11 bits per heavy atom. The zero-order valence-electron chi connectivity index (χ0n) is 11.2. The number of carbonyl (C=O) groups is 1. The second-order valence-electron chi connectivity index (χ2n) is 3.66. The molecule has 0 bridgehead atoms. The molecule has 0 aliphatic carbocycles. The molecule has 0 fully saturated rings. The van der Waals surface area contributed by atoms with E-state index in [9.17, 15) is 18.0 Å². The third-order valence-corrected chi connectivity index (χ3v) is 2.16. The van der Waals surface area contributed by atoms with Crippen LogP contribution in [-0.4, -0.2) is 5.91 Å². The van der Waals surface area contributed by atoms with Gasteiger partial charge in [-0.3, -0.25) is 4.79 Å². The number of benzene rings is 1. The highest BCUT2D eigenvalue weighted by atomic mass is 19.4. The van der Waals surface area contributed by atoms with E-state index in [1.165, 1.54) is 20.8 Å². The summed E-state index contributed by atoms with van der Waals surface area (Å²) in [6, 6.07) is 2.05. The summed E-state index contributed by atoms with van der Waals surface area (Å²) in [5.41, 5.74) is 0.558. The Bertz CT molecular complexity index is 402. The summed E-state index contributed by atoms with van der Waals surface area (Å²) in [6.07, 6.45) is -4.36. The quantitative estimate of drug-likeness (QED) is 0.802. The van der Waals surface area contributed by atoms with E-state index >= 15 is 0 Å². The predicted octanol–water partition coefficient (Wildman–Crippen LogP) is 4.31. The molecule has 0 heterocycles. The van der Waals surface area contributed by atoms with Gasteiger partial charge in [0.25, 0.3) is 0 Å². The number of nitrogens with one attached hydrogen (secondary N) is 1. The number of aryl methyl sites for hydroxylation is 2. The van der Waals surface area contributed by atoms with Crippen molar-refractivity contribution in [2.75, 3.05) is 5.32 Å². The monoisotopic (exact) mass is 261 g/mol. The number of hydrogen-bond donors (Lipinski definition) is 1. The zero-order valence-corrected chi connectivity index (χ0v) is 11.2. The predicted molar refractivity (Wildman–Crippen MR) is 66.6 cm³/mol. The zero-order chi connectivity index (χ0) is 14.5. The van der Waals surface area contributed by atoms with E-state index < -0.39 is 11.7 Å². The normalized spacial score (nSPS) is 10.4. The molecule has 0 saturated heterocycles. The van der Waals surface area contributed by atoms with Crippen molar-refractivity contribution in [3.8, 4) is 0 Å². The van der Waals surface area contributed by atoms with Gasteiger partial charge in [-0.2, -0.15) is 13.2 Å². The van der Waals surface area contributed by atoms with E-state index in [1.54, 1.807) is 0 Å². The molecule has 0 aromatic heterocycles. The van der Waals surface area contributed by atoms with E-state index in [4.69, 9.17) is 0 Å². The summed E-state index contributed by atoms with van der Waals surface area (Å²) < 4.78 is 37.4. The topological polar surface area (TPSA) is 29.1 Å². The number of carbonyl (C=O) groups excluding carboxylic acids is 1. The van der Waals surface area contributed by atoms with Gasteiger partial charge < -0.3 is 5.32 Å². The third-order valence-electron chi connectivity index (χ3n) is 2.16. The maximum atomic E-state index is 12.5. The lowest BCUT2D eigenvalue weighted by Crippen LogP contribution is -2.11. The molecule has 1 rings (SSSR count). The number of anilines is 1. The fourth-order valence-electron chi connectivity index (χ4n) is 1.50. The SMILES string of the molecule is CC.CC(=O)Nc1c(C)cc(C(F)(F)F)cc1C. The Hall–Kier alpha value is -1.52. The molecule has 102 valence electrons. The number of hydrogen-bond acceptors (Lipinski definition) is 1. The summed E-state index contributed by atoms with van der Waals surface area (Å²) in [5.74, 6) is -0.300. The molecule has 1 aromatic rings. The van der Waals surface area contributed by atoms with Gasteiger partial charge in [0.15, 0.2) is 0 Å². The number of amides is 1. The molecule has 1 amide bonds. The lowest BCUT2D eigenvalue weighted by atomic mass is 10.0. The fourth-order valence-corrected chi connectivity index (χ4v) is 1.50. The molecule has 0 atom stereocenters. The van der Waals surface area contributed by atoms with E-state index in [-0.39, 0.29) is 5.91 Å². The Labute approximate surface area is 105 Å². The van der Waals surface area contributed by atoms with Gasteiger partial charge in [-0.15, -0.1) is 0 Å². The van der Waals surface area contributed by atoms with Crippen LogP contribution >= 0.6 is 0 Å². The van der Waals surface area contributed by atoms with Gasteiger partial charge in [-0.1, -0.05) is 13.8 Å². The maximum absolute atomic E-state index is 12.5. The minimum absolute atomic E-state index is 0.300. The highest BCUT2D eigenvalue weighted by Crippen LogP contribution is 2.33. The first kappa shape index (κ1) is 16.5. The summed E-state index contributed by atoms with van der Waals surface area (Å²) in [6.45, 7) is 8.39. The molecule has 0 aliphatic rings. The minimum atomic E-state index is -4.36. The van der Waals surface area contributed by atoms with Crippen LogP contribution in [0.3, 0.4) is 0 Å². The molecule has 0 aliphatic heterocycles. The van der Waals surface area contributed by atoms with Gasteiger partial charge in [0.1, 0.15) is 0 Å². The average molecular weight is 261 g/mol. The first-order valence-electron chi connectivity index (χ1n) is 5.68. The van der Waals surface area contributed by atoms with Gasteiger partial charge >= 0.3 is 6.18 Å². The van der Waals surface area contributed by atoms with Crippen molar-refractivity contribution in [3.05, 3.63) is 28.8 Å². The molecule has 1 aromatic carbocycles. The van der Waals surface area contributed by atoms with Gasteiger partial charge in [0.2, 0.25) is 5.91 Å². The molecule has 1 N–H and O–H groups in total. The first-order valence-corrected chi connectivity index (χ1v) is 5.68. The molecule has 2 nitrogen and oxygen atoms in total. The lowest BCUT2D eigenvalue weighted by molar-refractivity contribution is -0.137. The Morgan fingerprint density at radius 2 is 1.50 bits per heavy atom. The van der Waals surface area contributed by atoms with Crippen molar-refractivity contribution in [3.63, 3.8) is 0 Å². The van der Waals surface area contributed by atoms with Gasteiger partial charge in [0.05, 0.1) is 5.56 Å². The second-order valence-corrected chi connectivity index (χ2v) is 3.66. The molecule has 0 radical (unpaired) electrons. The number of rotatable bonds is 1. The van der Waals surface area contributed by atoms with Gasteiger partial charge in [-0.25, -0.2) is 0 Å². The van der Waals surface area contributed by atoms with Gasteiger partial charge in [0, 0.05) is 12.6 Å². The van der Waals surface area contributed by atoms with E-state index in [0.717, 1.165) is 12.1 Å². The standard InChI is InChI=1S/C11H12F3NO.C2H6/c1-6-4-9(11(12,13)14)5-7(2)10(6)15-8(3)16;1-2/h4-5H,1-3H3,(H,15,16);1-2H3. The van der Waals surface area contributed by atoms with Crippen molar-refractivity contribution in [2.45, 2.75) is 40.8 Å². The summed E-state index contributed by atoms with van der Waals surface area (Å²) in [7, 11) is 0. The highest BCUT2D eigenvalue weighted by molar-refractivity contribution is 5.90. The van der Waals surface area contributed by atoms with Crippen molar-refractivity contribution >= 4 is 11.6 Å². The van der Waals surface area contributed by atoms with Crippen LogP contribution in [0.15, 0.2) is 12.1 Å². The van der Waals surface area contributed by atoms with Crippen LogP contribution in [0, 0.1) is 13.8 Å². The van der Waals surface area contributed by atoms with Crippen LogP contribution in [0.2, 0.25) is 0 Å². The summed E-state index contributed by atoms with van der Waals surface area (Å²) in [5, 5.41) is 2.51. The Balaban J connectivity index is 0.00000137. The lowest BCUT2D eigenvalue weighted by Gasteiger charge is -2.14. The fraction of sp³-hybridized carbons (Fsp3) is 0.462. The Morgan fingerprint density at radius 3 is 1.78 bits per heavy atom. The van der Waals surface area contributed by atoms with Crippen LogP contribution in [0.4, 0.5) is 18.9 Å². The van der Waals surface area contributed by atoms with Crippen LogP contribution in [-0.2, 0) is 11.0 Å². The Kier molecular flexibility index (Phi) is 5.88. The third kappa shape index (κ3) is 4.39. The second kappa shape index (κ2) is 6.42. The smallest absolute Gasteiger partial charge is 0.326 e. The number of alkyl halides is 3. The van der Waals surface area contributed by atoms with Crippen LogP contribution < -0.4 is 5.32 Å². The van der Waals surface area contributed by atoms with Crippen LogP contribution in [0.1, 0.15) is 37.5 Å². The van der Waals surface area contributed by atoms with E-state index in [2.05, 4.69) is 5.32 Å². The number of halogens is 3. The van der Waals surface area contributed by atoms with Gasteiger partial charge in [-0.05, 0) is 37.1 Å². The molecule has 0 spiro atoms. The first-order chi connectivity index (χ1) is 8.21. The average Bonchev–Trinajstić information content (AvgIpc) is 2.24. The molecule has 0 saturated carbocycles. The van der Waals surface area contributed by atoms with Crippen molar-refractivity contribution in [2.24, 2.45) is 0 Å². The molecule has 5 heteroatoms. The van der Waals surface area contributed by atoms with Crippen molar-refractivity contribution in [1.82, 2.24) is 0 Å². The maximum Gasteiger partial charge on any atom is 0.416 e. The van der Waals surface area contributed by atoms with Crippen molar-refractivity contribution < 1.29 is 18.0 Å². The minimum Gasteiger partial charge on any atom is -0.326 e. The molecule has 18 heavy (non-hydrogen) atoms. The summed E-state index contributed by atoms with van der Waals surface area (Å²) in [4.78, 5) is 10.9. The van der Waals surface area contributed by atoms with E-state index in [1.807, 2.05) is 13.8 Å². The largest absolute Gasteiger partial charge is 0.416 e. The molecular formula is C13H18F3NO. The van der Waals surface area contributed by atoms with E-state index in [0.29, 0.717) is 16.8 Å². The molecular weight excluding hydrogens is 243 g/mol. The summed E-state index contributed by atoms with van der Waals surface area (Å²) >= 11 is 0. The van der Waals surface area contributed by atoms with Crippen LogP contribution in [0.25, 0.3) is 0 Å². The van der Waals surface area contributed by atoms with Crippen molar-refractivity contribution in [1.29, 1.82) is 0 Å². The molecule has 0 unspecified atom stereocenters. The highest BCUT2D eigenvalue weighted by Gasteiger charge is 2.31. The van der Waals surface area contributed by atoms with Crippen LogP contribution in [0.5, 0.6) is 0 Å².